The van der Waals surface area contributed by atoms with Crippen LogP contribution in [0, 0.1) is 5.41 Å². The summed E-state index contributed by atoms with van der Waals surface area (Å²) in [6.07, 6.45) is 0. The van der Waals surface area contributed by atoms with Crippen molar-refractivity contribution in [3.05, 3.63) is 34.9 Å². The first-order valence-electron chi connectivity index (χ1n) is 7.20. The molecule has 1 atom stereocenters. The Hall–Kier alpha value is -2.08. The van der Waals surface area contributed by atoms with Crippen molar-refractivity contribution in [1.29, 1.82) is 0 Å². The zero-order valence-electron chi connectivity index (χ0n) is 13.7. The van der Waals surface area contributed by atoms with Crippen LogP contribution in [0.4, 0.5) is 0 Å². The molecule has 0 saturated heterocycles. The Morgan fingerprint density at radius 2 is 1.70 bits per heavy atom. The van der Waals surface area contributed by atoms with Gasteiger partial charge in [0.1, 0.15) is 6.04 Å². The van der Waals surface area contributed by atoms with Gasteiger partial charge in [-0.1, -0.05) is 32.4 Å². The fraction of sp³-hybridized carbons (Fsp3) is 0.438. The van der Waals surface area contributed by atoms with Gasteiger partial charge < -0.3 is 16.0 Å². The Kier molecular flexibility index (Phi) is 6.57. The molecule has 23 heavy (non-hydrogen) atoms. The molecule has 0 saturated carbocycles. The lowest BCUT2D eigenvalue weighted by molar-refractivity contribution is -0.130. The summed E-state index contributed by atoms with van der Waals surface area (Å²) in [5, 5.41) is 8.19. The molecular weight excluding hydrogens is 318 g/mol. The summed E-state index contributed by atoms with van der Waals surface area (Å²) in [7, 11) is 1.51. The van der Waals surface area contributed by atoms with Gasteiger partial charge in [-0.3, -0.25) is 14.4 Å². The number of benzene rings is 1. The maximum atomic E-state index is 12.0. The molecule has 0 unspecified atom stereocenters. The predicted molar refractivity (Wildman–Crippen MR) is 89.2 cm³/mol. The van der Waals surface area contributed by atoms with Crippen molar-refractivity contribution in [2.24, 2.45) is 5.41 Å². The van der Waals surface area contributed by atoms with Crippen LogP contribution in [0.5, 0.6) is 0 Å². The third-order valence-electron chi connectivity index (χ3n) is 3.20. The quantitative estimate of drug-likeness (QED) is 0.756. The molecule has 0 aromatic heterocycles. The molecule has 0 spiro atoms. The average Bonchev–Trinajstić information content (AvgIpc) is 2.49. The summed E-state index contributed by atoms with van der Waals surface area (Å²) in [4.78, 5) is 35.8. The van der Waals surface area contributed by atoms with Gasteiger partial charge >= 0.3 is 0 Å². The maximum absolute atomic E-state index is 12.0. The second kappa shape index (κ2) is 7.97. The van der Waals surface area contributed by atoms with Gasteiger partial charge in [-0.2, -0.15) is 0 Å². The molecule has 0 bridgehead atoms. The summed E-state index contributed by atoms with van der Waals surface area (Å²) in [6.45, 7) is 5.32. The Labute approximate surface area is 141 Å². The molecule has 1 aromatic rings. The summed E-state index contributed by atoms with van der Waals surface area (Å²) in [6, 6.07) is 5.64. The molecule has 0 aliphatic rings. The van der Waals surface area contributed by atoms with E-state index in [1.165, 1.54) is 7.05 Å². The minimum absolute atomic E-state index is 0.217. The van der Waals surface area contributed by atoms with Crippen LogP contribution in [-0.4, -0.2) is 37.4 Å². The molecule has 1 rings (SSSR count). The van der Waals surface area contributed by atoms with Crippen molar-refractivity contribution in [3.63, 3.8) is 0 Å². The van der Waals surface area contributed by atoms with Gasteiger partial charge in [0.15, 0.2) is 0 Å². The maximum Gasteiger partial charge on any atom is 0.251 e. The number of amides is 3. The minimum atomic E-state index is -0.688. The standard InChI is InChI=1S/C16H22ClN3O3/c1-16(2,3)13(15(23)18-4)20-12(21)9-19-14(22)10-5-7-11(17)8-6-10/h5-8,13H,9H2,1-4H3,(H,18,23)(H,19,22)(H,20,21)/t13-/m1/s1. The highest BCUT2D eigenvalue weighted by Gasteiger charge is 2.31. The van der Waals surface area contributed by atoms with Crippen LogP contribution in [-0.2, 0) is 9.59 Å². The minimum Gasteiger partial charge on any atom is -0.357 e. The number of hydrogen-bond donors (Lipinski definition) is 3. The highest BCUT2D eigenvalue weighted by Crippen LogP contribution is 2.19. The van der Waals surface area contributed by atoms with Crippen molar-refractivity contribution in [2.45, 2.75) is 26.8 Å². The van der Waals surface area contributed by atoms with Gasteiger partial charge in [0.25, 0.3) is 5.91 Å². The summed E-state index contributed by atoms with van der Waals surface area (Å²) in [5.41, 5.74) is -0.0449. The summed E-state index contributed by atoms with van der Waals surface area (Å²) >= 11 is 5.75. The molecule has 0 fully saturated rings. The summed E-state index contributed by atoms with van der Waals surface area (Å²) in [5.74, 6) is -1.10. The Balaban J connectivity index is 2.60. The van der Waals surface area contributed by atoms with Gasteiger partial charge in [-0.25, -0.2) is 0 Å². The van der Waals surface area contributed by atoms with Gasteiger partial charge in [-0.15, -0.1) is 0 Å². The Morgan fingerprint density at radius 1 is 1.13 bits per heavy atom. The molecule has 0 aliphatic carbocycles. The highest BCUT2D eigenvalue weighted by molar-refractivity contribution is 6.30. The molecule has 0 radical (unpaired) electrons. The molecular formula is C16H22ClN3O3. The monoisotopic (exact) mass is 339 g/mol. The van der Waals surface area contributed by atoms with Crippen molar-refractivity contribution in [1.82, 2.24) is 16.0 Å². The van der Waals surface area contributed by atoms with Crippen LogP contribution in [0.1, 0.15) is 31.1 Å². The lowest BCUT2D eigenvalue weighted by Crippen LogP contribution is -2.54. The third kappa shape index (κ3) is 5.90. The number of nitrogens with one attached hydrogen (secondary N) is 3. The molecule has 7 heteroatoms. The van der Waals surface area contributed by atoms with E-state index in [1.54, 1.807) is 24.3 Å². The van der Waals surface area contributed by atoms with E-state index in [1.807, 2.05) is 20.8 Å². The topological polar surface area (TPSA) is 87.3 Å². The van der Waals surface area contributed by atoms with E-state index < -0.39 is 17.4 Å². The largest absolute Gasteiger partial charge is 0.357 e. The van der Waals surface area contributed by atoms with Gasteiger partial charge in [0.05, 0.1) is 6.54 Å². The van der Waals surface area contributed by atoms with E-state index in [-0.39, 0.29) is 18.4 Å². The van der Waals surface area contributed by atoms with Crippen molar-refractivity contribution in [3.8, 4) is 0 Å². The second-order valence-electron chi connectivity index (χ2n) is 6.17. The van der Waals surface area contributed by atoms with E-state index in [4.69, 9.17) is 11.6 Å². The first kappa shape index (κ1) is 19.0. The smallest absolute Gasteiger partial charge is 0.251 e. The van der Waals surface area contributed by atoms with E-state index in [0.29, 0.717) is 10.6 Å². The van der Waals surface area contributed by atoms with Crippen LogP contribution in [0.15, 0.2) is 24.3 Å². The molecule has 1 aromatic carbocycles. The molecule has 6 nitrogen and oxygen atoms in total. The average molecular weight is 340 g/mol. The molecule has 3 N–H and O–H groups in total. The predicted octanol–water partition coefficient (Wildman–Crippen LogP) is 1.35. The van der Waals surface area contributed by atoms with Crippen LogP contribution in [0.3, 0.4) is 0 Å². The lowest BCUT2D eigenvalue weighted by Gasteiger charge is -2.29. The zero-order valence-corrected chi connectivity index (χ0v) is 14.5. The Bertz CT molecular complexity index is 579. The first-order valence-corrected chi connectivity index (χ1v) is 7.57. The van der Waals surface area contributed by atoms with E-state index >= 15 is 0 Å². The SMILES string of the molecule is CNC(=O)[C@@H](NC(=O)CNC(=O)c1ccc(Cl)cc1)C(C)(C)C. The molecule has 126 valence electrons. The van der Waals surface area contributed by atoms with Crippen LogP contribution in [0.25, 0.3) is 0 Å². The normalized spacial score (nSPS) is 12.2. The van der Waals surface area contributed by atoms with E-state index in [0.717, 1.165) is 0 Å². The van der Waals surface area contributed by atoms with Crippen LogP contribution in [0.2, 0.25) is 5.02 Å². The van der Waals surface area contributed by atoms with Gasteiger partial charge in [0.2, 0.25) is 11.8 Å². The number of rotatable bonds is 5. The fourth-order valence-electron chi connectivity index (χ4n) is 1.90. The van der Waals surface area contributed by atoms with E-state index in [9.17, 15) is 14.4 Å². The van der Waals surface area contributed by atoms with Gasteiger partial charge in [-0.05, 0) is 29.7 Å². The number of halogens is 1. The molecule has 0 heterocycles. The molecule has 0 aliphatic heterocycles. The second-order valence-corrected chi connectivity index (χ2v) is 6.61. The summed E-state index contributed by atoms with van der Waals surface area (Å²) < 4.78 is 0. The number of carbonyl (C=O) groups is 3. The van der Waals surface area contributed by atoms with Crippen LogP contribution >= 0.6 is 11.6 Å². The third-order valence-corrected chi connectivity index (χ3v) is 3.45. The number of likely N-dealkylation sites (N-methyl/N-ethyl adjacent to an activating group) is 1. The first-order chi connectivity index (χ1) is 10.6. The van der Waals surface area contributed by atoms with Crippen LogP contribution < -0.4 is 16.0 Å². The van der Waals surface area contributed by atoms with Gasteiger partial charge in [0, 0.05) is 17.6 Å². The van der Waals surface area contributed by atoms with Crippen molar-refractivity contribution < 1.29 is 14.4 Å². The Morgan fingerprint density at radius 3 is 2.17 bits per heavy atom. The van der Waals surface area contributed by atoms with Crippen molar-refractivity contribution in [2.75, 3.05) is 13.6 Å². The lowest BCUT2D eigenvalue weighted by atomic mass is 9.86. The fourth-order valence-corrected chi connectivity index (χ4v) is 2.02. The highest BCUT2D eigenvalue weighted by atomic mass is 35.5. The van der Waals surface area contributed by atoms with E-state index in [2.05, 4.69) is 16.0 Å². The number of carbonyl (C=O) groups excluding carboxylic acids is 3. The number of hydrogen-bond acceptors (Lipinski definition) is 3. The molecule has 3 amide bonds. The van der Waals surface area contributed by atoms with Crippen molar-refractivity contribution >= 4 is 29.3 Å². The zero-order chi connectivity index (χ0) is 17.6.